The highest BCUT2D eigenvalue weighted by Gasteiger charge is 2.02. The van der Waals surface area contributed by atoms with Gasteiger partial charge in [-0.05, 0) is 12.1 Å². The van der Waals surface area contributed by atoms with Crippen LogP contribution in [0.2, 0.25) is 0 Å². The Balaban J connectivity index is 2.48. The third-order valence-corrected chi connectivity index (χ3v) is 1.16. The lowest BCUT2D eigenvalue weighted by molar-refractivity contribution is 0.517. The molecule has 2 heterocycles. The minimum absolute atomic E-state index is 0.519. The quantitative estimate of drug-likeness (QED) is 0.599. The Labute approximate surface area is 57.3 Å². The first kappa shape index (κ1) is 5.29. The third kappa shape index (κ3) is 0.719. The molecule has 0 fully saturated rings. The Morgan fingerprint density at radius 2 is 2.20 bits per heavy atom. The van der Waals surface area contributed by atoms with Crippen molar-refractivity contribution in [2.75, 3.05) is 0 Å². The maximum Gasteiger partial charge on any atom is 0.262 e. The van der Waals surface area contributed by atoms with Crippen LogP contribution in [0.5, 0.6) is 0 Å². The lowest BCUT2D eigenvalue weighted by Gasteiger charge is -1.83. The van der Waals surface area contributed by atoms with Crippen LogP contribution in [0, 0.1) is 0 Å². The van der Waals surface area contributed by atoms with Gasteiger partial charge in [-0.15, -0.1) is 0 Å². The Kier molecular flexibility index (Phi) is 1.07. The molecule has 0 bridgehead atoms. The van der Waals surface area contributed by atoms with E-state index in [9.17, 15) is 0 Å². The molecule has 0 aromatic carbocycles. The van der Waals surface area contributed by atoms with Crippen molar-refractivity contribution in [3.8, 4) is 11.7 Å². The molecule has 50 valence electrons. The van der Waals surface area contributed by atoms with Crippen LogP contribution in [-0.4, -0.2) is 4.98 Å². The molecule has 0 spiro atoms. The number of furan rings is 1. The summed E-state index contributed by atoms with van der Waals surface area (Å²) in [5.74, 6) is 1.18. The van der Waals surface area contributed by atoms with E-state index in [-0.39, 0.29) is 0 Å². The normalized spacial score (nSPS) is 10.0. The van der Waals surface area contributed by atoms with Gasteiger partial charge in [-0.25, -0.2) is 4.98 Å². The predicted octanol–water partition coefficient (Wildman–Crippen LogP) is 1.93. The minimum Gasteiger partial charge on any atom is -0.459 e. The largest absolute Gasteiger partial charge is 0.459 e. The van der Waals surface area contributed by atoms with Gasteiger partial charge in [0, 0.05) is 0 Å². The van der Waals surface area contributed by atoms with Crippen molar-refractivity contribution in [3.63, 3.8) is 0 Å². The number of hydrogen-bond donors (Lipinski definition) is 0. The first-order chi connectivity index (χ1) is 4.97. The molecular weight excluding hydrogens is 130 g/mol. The second-order valence-electron chi connectivity index (χ2n) is 1.81. The molecule has 3 heteroatoms. The van der Waals surface area contributed by atoms with Crippen LogP contribution in [0.4, 0.5) is 0 Å². The molecule has 2 aromatic heterocycles. The lowest BCUT2D eigenvalue weighted by atomic mass is 10.4. The number of rotatable bonds is 1. The van der Waals surface area contributed by atoms with E-state index in [1.165, 1.54) is 6.26 Å². The maximum absolute atomic E-state index is 5.02. The molecule has 3 nitrogen and oxygen atoms in total. The highest BCUT2D eigenvalue weighted by Crippen LogP contribution is 2.15. The van der Waals surface area contributed by atoms with E-state index in [1.807, 2.05) is 0 Å². The summed E-state index contributed by atoms with van der Waals surface area (Å²) in [6.45, 7) is 0. The highest BCUT2D eigenvalue weighted by atomic mass is 16.4. The molecule has 0 saturated heterocycles. The second-order valence-corrected chi connectivity index (χ2v) is 1.81. The molecule has 0 aliphatic carbocycles. The summed E-state index contributed by atoms with van der Waals surface area (Å²) in [6, 6.07) is 3.59. The van der Waals surface area contributed by atoms with Gasteiger partial charge >= 0.3 is 0 Å². The van der Waals surface area contributed by atoms with Gasteiger partial charge in [0.1, 0.15) is 6.26 Å². The molecular formula is C7H5NO2. The summed E-state index contributed by atoms with van der Waals surface area (Å²) < 4.78 is 9.99. The maximum atomic E-state index is 5.02. The van der Waals surface area contributed by atoms with Gasteiger partial charge in [0.2, 0.25) is 0 Å². The van der Waals surface area contributed by atoms with Gasteiger partial charge in [-0.3, -0.25) is 0 Å². The molecule has 0 unspecified atom stereocenters. The van der Waals surface area contributed by atoms with E-state index in [0.717, 1.165) is 0 Å². The van der Waals surface area contributed by atoms with Crippen molar-refractivity contribution in [1.82, 2.24) is 4.98 Å². The van der Waals surface area contributed by atoms with Crippen molar-refractivity contribution in [2.45, 2.75) is 0 Å². The molecule has 0 amide bonds. The number of oxazole rings is 1. The number of nitrogens with zero attached hydrogens (tertiary/aromatic N) is 1. The summed E-state index contributed by atoms with van der Waals surface area (Å²) in [5.41, 5.74) is 0. The zero-order valence-corrected chi connectivity index (χ0v) is 5.15. The molecule has 0 N–H and O–H groups in total. The minimum atomic E-state index is 0.519. The molecule has 0 aliphatic heterocycles. The average molecular weight is 135 g/mol. The van der Waals surface area contributed by atoms with Crippen LogP contribution < -0.4 is 0 Å². The first-order valence-electron chi connectivity index (χ1n) is 2.90. The van der Waals surface area contributed by atoms with Crippen molar-refractivity contribution in [2.24, 2.45) is 0 Å². The zero-order chi connectivity index (χ0) is 6.81. The second kappa shape index (κ2) is 2.02. The zero-order valence-electron chi connectivity index (χ0n) is 5.15. The van der Waals surface area contributed by atoms with Crippen LogP contribution in [0.25, 0.3) is 11.7 Å². The van der Waals surface area contributed by atoms with Crippen LogP contribution in [0.15, 0.2) is 39.7 Å². The Hall–Kier alpha value is -1.51. The van der Waals surface area contributed by atoms with Gasteiger partial charge in [0.25, 0.3) is 5.89 Å². The van der Waals surface area contributed by atoms with E-state index in [1.54, 1.807) is 24.6 Å². The third-order valence-electron chi connectivity index (χ3n) is 1.16. The highest BCUT2D eigenvalue weighted by molar-refractivity contribution is 5.42. The fraction of sp³-hybridized carbons (Fsp3) is 0. The van der Waals surface area contributed by atoms with E-state index in [0.29, 0.717) is 11.7 Å². The Morgan fingerprint density at radius 1 is 1.20 bits per heavy atom. The van der Waals surface area contributed by atoms with Crippen molar-refractivity contribution in [1.29, 1.82) is 0 Å². The summed E-state index contributed by atoms with van der Waals surface area (Å²) >= 11 is 0. The number of aromatic nitrogens is 1. The fourth-order valence-corrected chi connectivity index (χ4v) is 0.745. The molecule has 0 saturated carbocycles. The summed E-state index contributed by atoms with van der Waals surface area (Å²) in [6.07, 6.45) is 4.68. The number of hydrogen-bond acceptors (Lipinski definition) is 3. The molecule has 10 heavy (non-hydrogen) atoms. The molecule has 0 radical (unpaired) electrons. The van der Waals surface area contributed by atoms with Crippen LogP contribution in [0.1, 0.15) is 0 Å². The van der Waals surface area contributed by atoms with Gasteiger partial charge in [-0.2, -0.15) is 0 Å². The monoisotopic (exact) mass is 135 g/mol. The molecule has 2 aromatic rings. The van der Waals surface area contributed by atoms with Gasteiger partial charge in [0.15, 0.2) is 5.76 Å². The smallest absolute Gasteiger partial charge is 0.262 e. The van der Waals surface area contributed by atoms with Gasteiger partial charge in [0.05, 0.1) is 12.5 Å². The summed E-state index contributed by atoms with van der Waals surface area (Å²) in [5, 5.41) is 0. The first-order valence-corrected chi connectivity index (χ1v) is 2.90. The fourth-order valence-electron chi connectivity index (χ4n) is 0.745. The standard InChI is InChI=1S/C7H5NO2/c1-2-6(9-4-1)7-8-3-5-10-7/h1-5H. The van der Waals surface area contributed by atoms with E-state index in [4.69, 9.17) is 8.83 Å². The average Bonchev–Trinajstić information content (AvgIpc) is 2.59. The van der Waals surface area contributed by atoms with Crippen LogP contribution in [-0.2, 0) is 0 Å². The molecule has 0 atom stereocenters. The van der Waals surface area contributed by atoms with Gasteiger partial charge < -0.3 is 8.83 Å². The van der Waals surface area contributed by atoms with E-state index >= 15 is 0 Å². The topological polar surface area (TPSA) is 39.2 Å². The van der Waals surface area contributed by atoms with Crippen molar-refractivity contribution in [3.05, 3.63) is 30.9 Å². The summed E-state index contributed by atoms with van der Waals surface area (Å²) in [4.78, 5) is 3.90. The Morgan fingerprint density at radius 3 is 2.80 bits per heavy atom. The van der Waals surface area contributed by atoms with Crippen LogP contribution >= 0.6 is 0 Å². The van der Waals surface area contributed by atoms with Crippen LogP contribution in [0.3, 0.4) is 0 Å². The predicted molar refractivity (Wildman–Crippen MR) is 34.2 cm³/mol. The lowest BCUT2D eigenvalue weighted by Crippen LogP contribution is -1.68. The van der Waals surface area contributed by atoms with Crippen molar-refractivity contribution < 1.29 is 8.83 Å². The van der Waals surface area contributed by atoms with E-state index in [2.05, 4.69) is 4.98 Å². The summed E-state index contributed by atoms with van der Waals surface area (Å²) in [7, 11) is 0. The van der Waals surface area contributed by atoms with E-state index < -0.39 is 0 Å². The molecule has 2 rings (SSSR count). The van der Waals surface area contributed by atoms with Crippen molar-refractivity contribution >= 4 is 0 Å². The van der Waals surface area contributed by atoms with Gasteiger partial charge in [-0.1, -0.05) is 0 Å². The molecule has 0 aliphatic rings. The SMILES string of the molecule is c1coc(-c2ncco2)c1. The Bertz CT molecular complexity index is 251.